The number of allylic oxidation sites excluding steroid dienone is 2. The summed E-state index contributed by atoms with van der Waals surface area (Å²) in [5.74, 6) is 1.13. The number of halogens is 1. The molecule has 4 atom stereocenters. The number of nitrogens with zero attached hydrogens (tertiary/aromatic N) is 2. The summed E-state index contributed by atoms with van der Waals surface area (Å²) in [5, 5.41) is 11.2. The van der Waals surface area contributed by atoms with Gasteiger partial charge in [-0.3, -0.25) is 4.79 Å². The van der Waals surface area contributed by atoms with E-state index in [1.165, 1.54) is 11.1 Å². The standard InChI is InChI=1S/C33H42ClN2O4S/c1-4-6-9-23(3)22-41(39)35-33(38)25-13-16-32-30(19-25)36(21-27-12-15-29(27)31(37)5-2)20-26-11-14-28(34)18-24(26)10-7-8-17-40-32/h4-6,11,13-14,16,18-19,23,27,29,31,37H,2,7-10,12,15,17,20-22H2,1,3H3/q-1/b6-4+/t23-,27-,29+,31-/m0/s1. The number of carbonyl (C=O) groups is 1. The molecule has 2 aliphatic rings. The maximum atomic E-state index is 13.2. The number of hydrogen-bond acceptors (Lipinski definition) is 6. The normalized spacial score (nSPS) is 21.5. The molecule has 0 bridgehead atoms. The first kappa shape index (κ1) is 31.3. The van der Waals surface area contributed by atoms with Gasteiger partial charge in [-0.25, -0.2) is 0 Å². The number of aliphatic hydroxyl groups is 1. The van der Waals surface area contributed by atoms with Crippen LogP contribution < -0.4 is 9.64 Å². The Bertz CT molecular complexity index is 1340. The smallest absolute Gasteiger partial charge is 0.254 e. The minimum atomic E-state index is -1.61. The van der Waals surface area contributed by atoms with Gasteiger partial charge in [0.05, 0.1) is 18.4 Å². The van der Waals surface area contributed by atoms with Crippen LogP contribution in [0.2, 0.25) is 5.02 Å². The van der Waals surface area contributed by atoms with Gasteiger partial charge in [0.2, 0.25) is 0 Å². The number of fused-ring (bicyclic) bond motifs is 2. The third kappa shape index (κ3) is 8.46. The van der Waals surface area contributed by atoms with Crippen molar-refractivity contribution in [1.82, 2.24) is 0 Å². The van der Waals surface area contributed by atoms with Crippen LogP contribution in [0.3, 0.4) is 0 Å². The lowest BCUT2D eigenvalue weighted by Gasteiger charge is -2.42. The molecular weight excluding hydrogens is 556 g/mol. The Labute approximate surface area is 251 Å². The Morgan fingerprint density at radius 2 is 2.07 bits per heavy atom. The van der Waals surface area contributed by atoms with Crippen molar-refractivity contribution in [2.24, 2.45) is 22.1 Å². The number of amides is 1. The summed E-state index contributed by atoms with van der Waals surface area (Å²) in [6.45, 7) is 9.62. The number of rotatable bonds is 9. The van der Waals surface area contributed by atoms with Gasteiger partial charge in [-0.05, 0) is 98.7 Å². The molecule has 1 aliphatic heterocycles. The topological polar surface area (TPSA) is 79.2 Å². The quantitative estimate of drug-likeness (QED) is 0.239. The van der Waals surface area contributed by atoms with E-state index in [1.54, 1.807) is 12.1 Å². The second-order valence-electron chi connectivity index (χ2n) is 11.3. The molecule has 0 radical (unpaired) electrons. The zero-order valence-electron chi connectivity index (χ0n) is 24.1. The number of benzene rings is 2. The van der Waals surface area contributed by atoms with E-state index in [9.17, 15) is 14.1 Å². The SMILES string of the molecule is C=C[C@H](O)[C@@H]1CC[C@H]1CN1Cc2ccc(Cl)cc2CCCCOc2ccc(C(=O)N=[S-](=O)C[C@@H](C)C/C=C/C)cc21. The summed E-state index contributed by atoms with van der Waals surface area (Å²) in [6.07, 6.45) is 10.6. The lowest BCUT2D eigenvalue weighted by atomic mass is 9.70. The highest BCUT2D eigenvalue weighted by Gasteiger charge is 2.36. The van der Waals surface area contributed by atoms with Crippen LogP contribution in [0.1, 0.15) is 67.4 Å². The molecule has 0 aromatic heterocycles. The molecule has 222 valence electrons. The lowest BCUT2D eigenvalue weighted by Crippen LogP contribution is -2.42. The van der Waals surface area contributed by atoms with E-state index in [4.69, 9.17) is 16.3 Å². The molecule has 2 aromatic rings. The zero-order chi connectivity index (χ0) is 29.4. The summed E-state index contributed by atoms with van der Waals surface area (Å²) in [4.78, 5) is 15.4. The van der Waals surface area contributed by atoms with Crippen LogP contribution in [0, 0.1) is 17.8 Å². The van der Waals surface area contributed by atoms with E-state index in [2.05, 4.69) is 21.9 Å². The molecule has 1 saturated carbocycles. The Kier molecular flexibility index (Phi) is 11.5. The first-order chi connectivity index (χ1) is 19.8. The molecule has 6 nitrogen and oxygen atoms in total. The van der Waals surface area contributed by atoms with Crippen LogP contribution in [0.25, 0.3) is 0 Å². The minimum Gasteiger partial charge on any atom is -0.491 e. The van der Waals surface area contributed by atoms with Crippen molar-refractivity contribution >= 4 is 33.8 Å². The predicted molar refractivity (Wildman–Crippen MR) is 168 cm³/mol. The second-order valence-corrected chi connectivity index (χ2v) is 12.9. The molecule has 8 heteroatoms. The Balaban J connectivity index is 1.69. The van der Waals surface area contributed by atoms with E-state index >= 15 is 0 Å². The minimum absolute atomic E-state index is 0.145. The van der Waals surface area contributed by atoms with Gasteiger partial charge in [-0.15, -0.1) is 6.58 Å². The summed E-state index contributed by atoms with van der Waals surface area (Å²) in [5.41, 5.74) is 3.58. The monoisotopic (exact) mass is 597 g/mol. The van der Waals surface area contributed by atoms with Gasteiger partial charge in [0.15, 0.2) is 0 Å². The fourth-order valence-corrected chi connectivity index (χ4v) is 6.83. The third-order valence-corrected chi connectivity index (χ3v) is 9.63. The van der Waals surface area contributed by atoms with Crippen molar-refractivity contribution in [3.63, 3.8) is 0 Å². The van der Waals surface area contributed by atoms with E-state index in [0.717, 1.165) is 49.2 Å². The van der Waals surface area contributed by atoms with Crippen LogP contribution in [0.5, 0.6) is 5.75 Å². The maximum absolute atomic E-state index is 13.2. The van der Waals surface area contributed by atoms with Gasteiger partial charge in [0.25, 0.3) is 5.91 Å². The van der Waals surface area contributed by atoms with Gasteiger partial charge in [0, 0.05) is 23.7 Å². The van der Waals surface area contributed by atoms with E-state index in [-0.39, 0.29) is 17.8 Å². The number of hydrogen-bond donors (Lipinski definition) is 1. The largest absolute Gasteiger partial charge is 0.491 e. The molecule has 4 rings (SSSR count). The fraction of sp³-hybridized carbons (Fsp3) is 0.485. The molecule has 1 aliphatic carbocycles. The number of ether oxygens (including phenoxy) is 1. The van der Waals surface area contributed by atoms with Crippen molar-refractivity contribution in [2.75, 3.05) is 23.8 Å². The van der Waals surface area contributed by atoms with Crippen molar-refractivity contribution in [2.45, 2.75) is 65.0 Å². The summed E-state index contributed by atoms with van der Waals surface area (Å²) >= 11 is 6.38. The number of aryl methyl sites for hydroxylation is 1. The van der Waals surface area contributed by atoms with Crippen LogP contribution in [-0.4, -0.2) is 36.0 Å². The van der Waals surface area contributed by atoms with Crippen LogP contribution >= 0.6 is 11.6 Å². The average molecular weight is 598 g/mol. The Morgan fingerprint density at radius 1 is 1.24 bits per heavy atom. The lowest BCUT2D eigenvalue weighted by molar-refractivity contribution is 0.0464. The molecule has 0 saturated heterocycles. The van der Waals surface area contributed by atoms with Crippen molar-refractivity contribution in [3.05, 3.63) is 82.9 Å². The zero-order valence-corrected chi connectivity index (χ0v) is 25.7. The van der Waals surface area contributed by atoms with Crippen LogP contribution in [0.15, 0.2) is 65.6 Å². The number of anilines is 1. The Hall–Kier alpha value is -2.61. The molecule has 0 spiro atoms. The third-order valence-electron chi connectivity index (χ3n) is 8.17. The van der Waals surface area contributed by atoms with E-state index in [0.29, 0.717) is 36.8 Å². The van der Waals surface area contributed by atoms with Gasteiger partial charge in [0.1, 0.15) is 5.75 Å². The maximum Gasteiger partial charge on any atom is 0.254 e. The predicted octanol–water partition coefficient (Wildman–Crippen LogP) is 7.52. The number of carbonyl (C=O) groups excluding carboxylic acids is 1. The van der Waals surface area contributed by atoms with Gasteiger partial charge in [-0.1, -0.05) is 54.5 Å². The van der Waals surface area contributed by atoms with Crippen molar-refractivity contribution in [3.8, 4) is 5.75 Å². The molecule has 41 heavy (non-hydrogen) atoms. The van der Waals surface area contributed by atoms with Gasteiger partial charge >= 0.3 is 0 Å². The van der Waals surface area contributed by atoms with Gasteiger partial charge < -0.3 is 23.3 Å². The van der Waals surface area contributed by atoms with Crippen LogP contribution in [-0.2, 0) is 27.8 Å². The molecule has 1 fully saturated rings. The molecule has 2 aromatic carbocycles. The first-order valence-corrected chi connectivity index (χ1v) is 16.3. The molecule has 1 N–H and O–H groups in total. The molecule has 1 amide bonds. The fourth-order valence-electron chi connectivity index (χ4n) is 5.65. The number of aliphatic hydroxyl groups excluding tert-OH is 1. The summed E-state index contributed by atoms with van der Waals surface area (Å²) in [6, 6.07) is 11.4. The van der Waals surface area contributed by atoms with Crippen LogP contribution in [0.4, 0.5) is 5.69 Å². The summed E-state index contributed by atoms with van der Waals surface area (Å²) in [7, 11) is -1.61. The van der Waals surface area contributed by atoms with Gasteiger partial charge in [-0.2, -0.15) is 10.6 Å². The average Bonchev–Trinajstić information content (AvgIpc) is 2.96. The second kappa shape index (κ2) is 15.0. The summed E-state index contributed by atoms with van der Waals surface area (Å²) < 4.78 is 23.0. The first-order valence-electron chi connectivity index (χ1n) is 14.6. The molecule has 0 unspecified atom stereocenters. The van der Waals surface area contributed by atoms with E-state index in [1.807, 2.05) is 50.3 Å². The highest BCUT2D eigenvalue weighted by atomic mass is 35.5. The van der Waals surface area contributed by atoms with Crippen molar-refractivity contribution in [1.29, 1.82) is 0 Å². The Morgan fingerprint density at radius 3 is 2.80 bits per heavy atom. The molecular formula is C33H42ClN2O4S-. The van der Waals surface area contributed by atoms with Crippen molar-refractivity contribution < 1.29 is 18.8 Å². The highest BCUT2D eigenvalue weighted by Crippen LogP contribution is 2.41. The van der Waals surface area contributed by atoms with E-state index < -0.39 is 22.6 Å². The molecule has 1 heterocycles. The highest BCUT2D eigenvalue weighted by molar-refractivity contribution is 7.75.